The van der Waals surface area contributed by atoms with Crippen LogP contribution in [-0.2, 0) is 0 Å². The maximum absolute atomic E-state index is 6.42. The first-order chi connectivity index (χ1) is 28.6. The van der Waals surface area contributed by atoms with Crippen LogP contribution in [0.2, 0.25) is 0 Å². The molecule has 0 aliphatic carbocycles. The lowest BCUT2D eigenvalue weighted by Crippen LogP contribution is -2.04. The Bertz CT molecular complexity index is 3200. The fraction of sp³-hybridized carbons (Fsp3) is 0.0370. The molecule has 0 aliphatic rings. The van der Waals surface area contributed by atoms with Gasteiger partial charge in [0.15, 0.2) is 5.84 Å². The van der Waals surface area contributed by atoms with Gasteiger partial charge in [0.1, 0.15) is 22.3 Å². The Hall–Kier alpha value is -7.56. The normalized spacial score (nSPS) is 12.6. The van der Waals surface area contributed by atoms with E-state index in [0.29, 0.717) is 5.84 Å². The maximum Gasteiger partial charge on any atom is 0.160 e. The van der Waals surface area contributed by atoms with E-state index in [1.807, 2.05) is 61.5 Å². The lowest BCUT2D eigenvalue weighted by molar-refractivity contribution is 0.669. The highest BCUT2D eigenvalue weighted by Crippen LogP contribution is 2.37. The third-order valence-corrected chi connectivity index (χ3v) is 10.9. The minimum Gasteiger partial charge on any atom is -0.456 e. The van der Waals surface area contributed by atoms with Crippen molar-refractivity contribution in [2.45, 2.75) is 13.8 Å². The van der Waals surface area contributed by atoms with Crippen LogP contribution in [0.4, 0.5) is 0 Å². The highest BCUT2D eigenvalue weighted by molar-refractivity contribution is 6.21. The summed E-state index contributed by atoms with van der Waals surface area (Å²) < 4.78 is 12.8. The third kappa shape index (κ3) is 6.41. The number of fused-ring (bicyclic) bond motifs is 6. The largest absolute Gasteiger partial charge is 0.456 e. The summed E-state index contributed by atoms with van der Waals surface area (Å²) in [5, 5.41) is 4.33. The fourth-order valence-electron chi connectivity index (χ4n) is 7.96. The van der Waals surface area contributed by atoms with Gasteiger partial charge in [0.05, 0.1) is 5.70 Å². The SMILES string of the molecule is C/C=C(/N=C(N=C(C)c1cccc2oc3ccc(-c4ccc(-c5ccccc5)cc4)cc3c12)c1ccccc1)c1ccc(-c2cccc3c2oc2ccccc23)cc1. The molecule has 2 aromatic heterocycles. The Kier molecular flexibility index (Phi) is 8.92. The van der Waals surface area contributed by atoms with E-state index in [4.69, 9.17) is 18.8 Å². The van der Waals surface area contributed by atoms with Crippen molar-refractivity contribution >= 4 is 61.1 Å². The van der Waals surface area contributed by atoms with Crippen LogP contribution < -0.4 is 0 Å². The van der Waals surface area contributed by atoms with Crippen LogP contribution in [0.3, 0.4) is 0 Å². The Morgan fingerprint density at radius 3 is 1.83 bits per heavy atom. The first-order valence-corrected chi connectivity index (χ1v) is 19.6. The van der Waals surface area contributed by atoms with E-state index in [0.717, 1.165) is 94.2 Å². The molecule has 0 aliphatic heterocycles. The molecule has 0 fully saturated rings. The van der Waals surface area contributed by atoms with Crippen LogP contribution in [0.15, 0.2) is 213 Å². The van der Waals surface area contributed by atoms with Crippen molar-refractivity contribution in [3.05, 3.63) is 211 Å². The first-order valence-electron chi connectivity index (χ1n) is 19.6. The average Bonchev–Trinajstić information content (AvgIpc) is 3.87. The summed E-state index contributed by atoms with van der Waals surface area (Å²) in [6.07, 6.45) is 2.04. The summed E-state index contributed by atoms with van der Waals surface area (Å²) in [4.78, 5) is 10.5. The van der Waals surface area contributed by atoms with Gasteiger partial charge in [-0.25, -0.2) is 9.98 Å². The van der Waals surface area contributed by atoms with Gasteiger partial charge in [-0.2, -0.15) is 0 Å². The molecule has 2 heterocycles. The molecule has 0 amide bonds. The number of allylic oxidation sites excluding steroid dienone is 1. The summed E-state index contributed by atoms with van der Waals surface area (Å²) in [7, 11) is 0. The quantitative estimate of drug-likeness (QED) is 0.120. The molecule has 4 heteroatoms. The second-order valence-corrected chi connectivity index (χ2v) is 14.5. The van der Waals surface area contributed by atoms with Gasteiger partial charge < -0.3 is 8.83 Å². The molecule has 58 heavy (non-hydrogen) atoms. The maximum atomic E-state index is 6.42. The zero-order valence-electron chi connectivity index (χ0n) is 32.2. The predicted molar refractivity (Wildman–Crippen MR) is 243 cm³/mol. The third-order valence-electron chi connectivity index (χ3n) is 10.9. The van der Waals surface area contributed by atoms with Gasteiger partial charge >= 0.3 is 0 Å². The molecule has 10 aromatic rings. The van der Waals surface area contributed by atoms with Gasteiger partial charge in [0.2, 0.25) is 0 Å². The second kappa shape index (κ2) is 14.8. The molecule has 0 N–H and O–H groups in total. The van der Waals surface area contributed by atoms with Crippen LogP contribution in [0.5, 0.6) is 0 Å². The Morgan fingerprint density at radius 2 is 1.05 bits per heavy atom. The standard InChI is InChI=1S/C54H38N2O2/c1-3-48(40-30-28-39(29-31-40)44-20-12-21-46-45-18-10-11-22-49(45)58-53(44)46)56-54(41-16-8-5-9-17-41)55-35(2)43-19-13-23-51-52(43)47-34-42(32-33-50(47)57-51)38-26-24-37(25-27-38)36-14-6-4-7-15-36/h3-34H,1-2H3/b48-3+,55-35?,56-54?. The summed E-state index contributed by atoms with van der Waals surface area (Å²) in [5.74, 6) is 0.631. The van der Waals surface area contributed by atoms with E-state index in [-0.39, 0.29) is 0 Å². The fourth-order valence-corrected chi connectivity index (χ4v) is 7.96. The van der Waals surface area contributed by atoms with Crippen molar-refractivity contribution in [2.24, 2.45) is 9.98 Å². The van der Waals surface area contributed by atoms with Gasteiger partial charge in [-0.15, -0.1) is 0 Å². The van der Waals surface area contributed by atoms with Crippen molar-refractivity contribution in [1.82, 2.24) is 0 Å². The number of amidine groups is 1. The van der Waals surface area contributed by atoms with E-state index in [9.17, 15) is 0 Å². The van der Waals surface area contributed by atoms with Crippen molar-refractivity contribution in [3.8, 4) is 33.4 Å². The van der Waals surface area contributed by atoms with Crippen LogP contribution in [0.25, 0.3) is 83.0 Å². The summed E-state index contributed by atoms with van der Waals surface area (Å²) in [6.45, 7) is 4.08. The van der Waals surface area contributed by atoms with Gasteiger partial charge in [-0.1, -0.05) is 170 Å². The molecule has 8 aromatic carbocycles. The molecular formula is C54H38N2O2. The zero-order valence-corrected chi connectivity index (χ0v) is 32.2. The molecule has 0 saturated carbocycles. The van der Waals surface area contributed by atoms with Crippen LogP contribution >= 0.6 is 0 Å². The monoisotopic (exact) mass is 746 g/mol. The summed E-state index contributed by atoms with van der Waals surface area (Å²) in [6, 6.07) is 65.1. The van der Waals surface area contributed by atoms with Crippen LogP contribution in [-0.4, -0.2) is 11.5 Å². The Balaban J connectivity index is 1.01. The van der Waals surface area contributed by atoms with E-state index in [1.165, 1.54) is 11.1 Å². The Labute approximate surface area is 336 Å². The zero-order chi connectivity index (χ0) is 39.0. The molecule has 0 spiro atoms. The summed E-state index contributed by atoms with van der Waals surface area (Å²) in [5.41, 5.74) is 14.9. The number of nitrogens with zero attached hydrogens (tertiary/aromatic N) is 2. The van der Waals surface area contributed by atoms with Crippen molar-refractivity contribution in [1.29, 1.82) is 0 Å². The minimum absolute atomic E-state index is 0.631. The number of hydrogen-bond donors (Lipinski definition) is 0. The van der Waals surface area contributed by atoms with Crippen molar-refractivity contribution in [2.75, 3.05) is 0 Å². The van der Waals surface area contributed by atoms with Crippen LogP contribution in [0.1, 0.15) is 30.5 Å². The molecule has 4 nitrogen and oxygen atoms in total. The average molecular weight is 747 g/mol. The van der Waals surface area contributed by atoms with Crippen molar-refractivity contribution in [3.63, 3.8) is 0 Å². The van der Waals surface area contributed by atoms with E-state index in [1.54, 1.807) is 0 Å². The smallest absolute Gasteiger partial charge is 0.160 e. The van der Waals surface area contributed by atoms with Crippen LogP contribution in [0, 0.1) is 0 Å². The number of furan rings is 2. The van der Waals surface area contributed by atoms with E-state index < -0.39 is 0 Å². The minimum atomic E-state index is 0.631. The molecule has 0 saturated heterocycles. The first kappa shape index (κ1) is 34.9. The molecule has 0 unspecified atom stereocenters. The van der Waals surface area contributed by atoms with E-state index in [2.05, 4.69) is 146 Å². The number of aliphatic imine (C=N–C) groups is 2. The number of rotatable bonds is 7. The van der Waals surface area contributed by atoms with Gasteiger partial charge in [-0.3, -0.25) is 0 Å². The predicted octanol–water partition coefficient (Wildman–Crippen LogP) is 14.8. The summed E-state index contributed by atoms with van der Waals surface area (Å²) >= 11 is 0. The Morgan fingerprint density at radius 1 is 0.448 bits per heavy atom. The number of hydrogen-bond acceptors (Lipinski definition) is 3. The molecule has 276 valence electrons. The molecule has 0 bridgehead atoms. The number of benzene rings is 8. The number of para-hydroxylation sites is 2. The van der Waals surface area contributed by atoms with Gasteiger partial charge in [0.25, 0.3) is 0 Å². The van der Waals surface area contributed by atoms with Gasteiger partial charge in [0, 0.05) is 43.9 Å². The van der Waals surface area contributed by atoms with E-state index >= 15 is 0 Å². The molecular weight excluding hydrogens is 709 g/mol. The lowest BCUT2D eigenvalue weighted by Gasteiger charge is -2.10. The molecule has 0 radical (unpaired) electrons. The molecule has 0 atom stereocenters. The highest BCUT2D eigenvalue weighted by atomic mass is 16.3. The van der Waals surface area contributed by atoms with Gasteiger partial charge in [-0.05, 0) is 71.5 Å². The topological polar surface area (TPSA) is 51.0 Å². The second-order valence-electron chi connectivity index (χ2n) is 14.5. The highest BCUT2D eigenvalue weighted by Gasteiger charge is 2.16. The molecule has 10 rings (SSSR count). The van der Waals surface area contributed by atoms with Crippen molar-refractivity contribution < 1.29 is 8.83 Å². The lowest BCUT2D eigenvalue weighted by atomic mass is 9.97.